The van der Waals surface area contributed by atoms with Crippen molar-refractivity contribution in [2.24, 2.45) is 0 Å². The zero-order chi connectivity index (χ0) is 13.7. The first-order valence-electron chi connectivity index (χ1n) is 6.08. The molecule has 2 aromatic rings. The Hall–Kier alpha value is -1.53. The molecular weight excluding hydrogens is 265 g/mol. The first kappa shape index (κ1) is 13.9. The smallest absolute Gasteiger partial charge is 0.168 e. The van der Waals surface area contributed by atoms with Gasteiger partial charge in [0.1, 0.15) is 0 Å². The lowest BCUT2D eigenvalue weighted by Gasteiger charge is -2.16. The Balaban J connectivity index is 2.22. The number of rotatable bonds is 6. The zero-order valence-corrected chi connectivity index (χ0v) is 11.7. The minimum absolute atomic E-state index is 0.0367. The number of hydrogen-bond donors (Lipinski definition) is 1. The van der Waals surface area contributed by atoms with Crippen LogP contribution in [0.2, 0.25) is 0 Å². The van der Waals surface area contributed by atoms with Crippen molar-refractivity contribution in [3.63, 3.8) is 0 Å². The fraction of sp³-hybridized carbons (Fsp3) is 0.385. The molecule has 0 amide bonds. The summed E-state index contributed by atoms with van der Waals surface area (Å²) in [5.74, 6) is -0.0414. The van der Waals surface area contributed by atoms with Crippen LogP contribution in [0, 0.1) is 5.82 Å². The molecule has 19 heavy (non-hydrogen) atoms. The molecule has 6 heteroatoms. The highest BCUT2D eigenvalue weighted by molar-refractivity contribution is 6.99. The summed E-state index contributed by atoms with van der Waals surface area (Å²) >= 11 is 1.16. The number of benzene rings is 1. The second-order valence-electron chi connectivity index (χ2n) is 4.08. The Morgan fingerprint density at radius 3 is 2.95 bits per heavy atom. The van der Waals surface area contributed by atoms with Crippen LogP contribution in [0.15, 0.2) is 24.4 Å². The number of ether oxygens (including phenoxy) is 1. The van der Waals surface area contributed by atoms with E-state index in [-0.39, 0.29) is 17.6 Å². The highest BCUT2D eigenvalue weighted by atomic mass is 32.1. The van der Waals surface area contributed by atoms with E-state index in [9.17, 15) is 4.39 Å². The predicted octanol–water partition coefficient (Wildman–Crippen LogP) is 2.58. The fourth-order valence-corrected chi connectivity index (χ4v) is 2.42. The van der Waals surface area contributed by atoms with Gasteiger partial charge in [-0.25, -0.2) is 4.39 Å². The van der Waals surface area contributed by atoms with E-state index in [4.69, 9.17) is 4.74 Å². The van der Waals surface area contributed by atoms with Crippen molar-refractivity contribution in [3.05, 3.63) is 41.5 Å². The first-order valence-corrected chi connectivity index (χ1v) is 6.81. The molecule has 4 nitrogen and oxygen atoms in total. The van der Waals surface area contributed by atoms with E-state index in [0.717, 1.165) is 24.0 Å². The molecule has 0 saturated heterocycles. The highest BCUT2D eigenvalue weighted by Gasteiger charge is 2.17. The molecule has 1 aromatic carbocycles. The highest BCUT2D eigenvalue weighted by Crippen LogP contribution is 2.24. The van der Waals surface area contributed by atoms with E-state index in [1.54, 1.807) is 24.4 Å². The molecule has 0 bridgehead atoms. The fourth-order valence-electron chi connectivity index (χ4n) is 1.94. The predicted molar refractivity (Wildman–Crippen MR) is 73.0 cm³/mol. The zero-order valence-electron chi connectivity index (χ0n) is 10.9. The van der Waals surface area contributed by atoms with E-state index >= 15 is 0 Å². The quantitative estimate of drug-likeness (QED) is 0.884. The number of methoxy groups -OCH3 is 1. The average Bonchev–Trinajstić information content (AvgIpc) is 2.94. The van der Waals surface area contributed by atoms with Crippen molar-refractivity contribution in [1.82, 2.24) is 14.1 Å². The van der Waals surface area contributed by atoms with Crippen LogP contribution in [0.25, 0.3) is 0 Å². The molecule has 0 fully saturated rings. The Morgan fingerprint density at radius 2 is 2.32 bits per heavy atom. The monoisotopic (exact) mass is 281 g/mol. The van der Waals surface area contributed by atoms with Crippen LogP contribution in [-0.4, -0.2) is 22.4 Å². The Kier molecular flexibility index (Phi) is 4.81. The summed E-state index contributed by atoms with van der Waals surface area (Å²) in [4.78, 5) is 0. The maximum absolute atomic E-state index is 14.1. The van der Waals surface area contributed by atoms with Gasteiger partial charge in [0.2, 0.25) is 0 Å². The van der Waals surface area contributed by atoms with Gasteiger partial charge in [-0.1, -0.05) is 19.1 Å². The topological polar surface area (TPSA) is 47.0 Å². The van der Waals surface area contributed by atoms with Crippen LogP contribution in [0.3, 0.4) is 0 Å². The van der Waals surface area contributed by atoms with Gasteiger partial charge >= 0.3 is 0 Å². The van der Waals surface area contributed by atoms with Crippen LogP contribution >= 0.6 is 11.7 Å². The molecule has 102 valence electrons. The molecule has 0 aliphatic heterocycles. The van der Waals surface area contributed by atoms with Gasteiger partial charge in [-0.05, 0) is 24.6 Å². The van der Waals surface area contributed by atoms with Gasteiger partial charge in [-0.2, -0.15) is 8.75 Å². The lowest BCUT2D eigenvalue weighted by molar-refractivity contribution is 0.382. The summed E-state index contributed by atoms with van der Waals surface area (Å²) in [5.41, 5.74) is 1.45. The largest absolute Gasteiger partial charge is 0.494 e. The Morgan fingerprint density at radius 1 is 1.47 bits per heavy atom. The molecule has 0 aliphatic carbocycles. The van der Waals surface area contributed by atoms with Crippen molar-refractivity contribution in [2.75, 3.05) is 13.7 Å². The first-order chi connectivity index (χ1) is 9.26. The molecule has 2 rings (SSSR count). The van der Waals surface area contributed by atoms with Crippen LogP contribution in [0.5, 0.6) is 5.75 Å². The van der Waals surface area contributed by atoms with Crippen molar-refractivity contribution in [3.8, 4) is 5.75 Å². The van der Waals surface area contributed by atoms with Crippen molar-refractivity contribution < 1.29 is 9.13 Å². The molecule has 0 aliphatic rings. The molecule has 0 radical (unpaired) electrons. The third kappa shape index (κ3) is 3.27. The summed E-state index contributed by atoms with van der Waals surface area (Å²) in [5, 5.41) is 3.29. The lowest BCUT2D eigenvalue weighted by atomic mass is 10.0. The maximum Gasteiger partial charge on any atom is 0.168 e. The molecule has 0 saturated carbocycles. The van der Waals surface area contributed by atoms with Crippen molar-refractivity contribution >= 4 is 11.7 Å². The van der Waals surface area contributed by atoms with Gasteiger partial charge in [0, 0.05) is 0 Å². The average molecular weight is 281 g/mol. The summed E-state index contributed by atoms with van der Waals surface area (Å²) in [6, 6.07) is 5.14. The third-order valence-corrected chi connectivity index (χ3v) is 3.37. The van der Waals surface area contributed by atoms with Gasteiger partial charge < -0.3 is 10.1 Å². The van der Waals surface area contributed by atoms with Crippen LogP contribution in [0.1, 0.15) is 24.2 Å². The van der Waals surface area contributed by atoms with E-state index in [1.165, 1.54) is 7.11 Å². The van der Waals surface area contributed by atoms with Gasteiger partial charge in [0.05, 0.1) is 36.8 Å². The number of nitrogens with one attached hydrogen (secondary N) is 1. The molecular formula is C13H16FN3OS. The van der Waals surface area contributed by atoms with Crippen LogP contribution in [-0.2, 0) is 6.42 Å². The minimum atomic E-state index is -0.309. The van der Waals surface area contributed by atoms with E-state index in [0.29, 0.717) is 12.0 Å². The second-order valence-corrected chi connectivity index (χ2v) is 4.64. The standard InChI is InChI=1S/C13H16FN3OS/c1-3-15-10(11-8-16-19-17-11)7-9-5-4-6-12(18-2)13(9)14/h4-6,8,10,15H,3,7H2,1-2H3. The van der Waals surface area contributed by atoms with E-state index in [1.807, 2.05) is 6.92 Å². The van der Waals surface area contributed by atoms with Gasteiger partial charge in [0.25, 0.3) is 0 Å². The number of halogens is 1. The molecule has 1 heterocycles. The summed E-state index contributed by atoms with van der Waals surface area (Å²) < 4.78 is 27.3. The number of likely N-dealkylation sites (N-methyl/N-ethyl adjacent to an activating group) is 1. The summed E-state index contributed by atoms with van der Waals surface area (Å²) in [6.45, 7) is 2.79. The van der Waals surface area contributed by atoms with Crippen molar-refractivity contribution in [2.45, 2.75) is 19.4 Å². The van der Waals surface area contributed by atoms with Gasteiger partial charge in [-0.3, -0.25) is 0 Å². The van der Waals surface area contributed by atoms with Gasteiger partial charge in [-0.15, -0.1) is 0 Å². The molecule has 1 atom stereocenters. The normalized spacial score (nSPS) is 12.4. The SMILES string of the molecule is CCNC(Cc1cccc(OC)c1F)c1cnsn1. The molecule has 1 N–H and O–H groups in total. The van der Waals surface area contributed by atoms with Crippen molar-refractivity contribution in [1.29, 1.82) is 0 Å². The third-order valence-electron chi connectivity index (χ3n) is 2.87. The maximum atomic E-state index is 14.1. The number of hydrogen-bond acceptors (Lipinski definition) is 5. The molecule has 1 unspecified atom stereocenters. The molecule has 0 spiro atoms. The minimum Gasteiger partial charge on any atom is -0.494 e. The Labute approximate surface area is 116 Å². The lowest BCUT2D eigenvalue weighted by Crippen LogP contribution is -2.23. The van der Waals surface area contributed by atoms with Gasteiger partial charge in [0.15, 0.2) is 11.6 Å². The number of nitrogens with zero attached hydrogens (tertiary/aromatic N) is 2. The van der Waals surface area contributed by atoms with Crippen LogP contribution in [0.4, 0.5) is 4.39 Å². The van der Waals surface area contributed by atoms with E-state index < -0.39 is 0 Å². The summed E-state index contributed by atoms with van der Waals surface area (Å²) in [7, 11) is 1.47. The number of aromatic nitrogens is 2. The summed E-state index contributed by atoms with van der Waals surface area (Å²) in [6.07, 6.45) is 2.23. The molecule has 1 aromatic heterocycles. The second kappa shape index (κ2) is 6.58. The Bertz CT molecular complexity index is 519. The van der Waals surface area contributed by atoms with E-state index in [2.05, 4.69) is 14.1 Å². The van der Waals surface area contributed by atoms with Crippen LogP contribution < -0.4 is 10.1 Å².